The molecule has 0 aliphatic rings. The Balaban J connectivity index is 2.59. The molecule has 1 aromatic rings. The van der Waals surface area contributed by atoms with Crippen molar-refractivity contribution in [2.24, 2.45) is 5.73 Å². The molecular formula is C15H23ClN2O2. The number of benzene rings is 1. The molecule has 0 fully saturated rings. The van der Waals surface area contributed by atoms with E-state index in [1.54, 1.807) is 18.2 Å². The summed E-state index contributed by atoms with van der Waals surface area (Å²) in [6.45, 7) is 5.90. The van der Waals surface area contributed by atoms with Gasteiger partial charge in [-0.25, -0.2) is 0 Å². The quantitative estimate of drug-likeness (QED) is 0.813. The summed E-state index contributed by atoms with van der Waals surface area (Å²) in [4.78, 5) is 11.8. The summed E-state index contributed by atoms with van der Waals surface area (Å²) in [6.07, 6.45) is 1.99. The molecule has 5 heteroatoms. The number of nitrogens with one attached hydrogen (secondary N) is 1. The van der Waals surface area contributed by atoms with Crippen LogP contribution >= 0.6 is 11.6 Å². The fraction of sp³-hybridized carbons (Fsp3) is 0.533. The molecule has 4 nitrogen and oxygen atoms in total. The number of ether oxygens (including phenoxy) is 1. The zero-order valence-electron chi connectivity index (χ0n) is 12.3. The molecule has 0 radical (unpaired) electrons. The fourth-order valence-electron chi connectivity index (χ4n) is 1.97. The van der Waals surface area contributed by atoms with Gasteiger partial charge in [0.25, 0.3) is 5.91 Å². The molecule has 0 aromatic heterocycles. The van der Waals surface area contributed by atoms with Crippen molar-refractivity contribution < 1.29 is 9.53 Å². The monoisotopic (exact) mass is 298 g/mol. The van der Waals surface area contributed by atoms with E-state index in [9.17, 15) is 4.79 Å². The van der Waals surface area contributed by atoms with Gasteiger partial charge in [0.2, 0.25) is 0 Å². The summed E-state index contributed by atoms with van der Waals surface area (Å²) in [5, 5.41) is 3.49. The second kappa shape index (κ2) is 8.12. The molecule has 1 amide bonds. The lowest BCUT2D eigenvalue weighted by Gasteiger charge is -2.16. The normalized spacial score (nSPS) is 13.7. The van der Waals surface area contributed by atoms with Gasteiger partial charge in [-0.1, -0.05) is 24.9 Å². The summed E-state index contributed by atoms with van der Waals surface area (Å²) in [5.74, 6) is 0.471. The van der Waals surface area contributed by atoms with Crippen molar-refractivity contribution >= 4 is 17.5 Å². The maximum absolute atomic E-state index is 11.8. The van der Waals surface area contributed by atoms with Crippen LogP contribution in [0.25, 0.3) is 0 Å². The molecule has 112 valence electrons. The highest BCUT2D eigenvalue weighted by Crippen LogP contribution is 2.27. The maximum Gasteiger partial charge on any atom is 0.258 e. The number of halogens is 1. The smallest absolute Gasteiger partial charge is 0.258 e. The van der Waals surface area contributed by atoms with Crippen molar-refractivity contribution in [1.82, 2.24) is 5.32 Å². The van der Waals surface area contributed by atoms with Crippen molar-refractivity contribution in [3.63, 3.8) is 0 Å². The Morgan fingerprint density at radius 3 is 2.75 bits per heavy atom. The number of amides is 1. The van der Waals surface area contributed by atoms with Gasteiger partial charge in [0.1, 0.15) is 5.75 Å². The van der Waals surface area contributed by atoms with Crippen LogP contribution in [0.3, 0.4) is 0 Å². The zero-order valence-corrected chi connectivity index (χ0v) is 13.0. The Labute approximate surface area is 125 Å². The Hall–Kier alpha value is -1.26. The molecular weight excluding hydrogens is 276 g/mol. The first-order chi connectivity index (χ1) is 9.43. The number of rotatable bonds is 7. The van der Waals surface area contributed by atoms with E-state index in [0.717, 1.165) is 18.4 Å². The molecule has 2 atom stereocenters. The number of carbonyl (C=O) groups is 1. The van der Waals surface area contributed by atoms with Crippen molar-refractivity contribution in [2.45, 2.75) is 45.7 Å². The van der Waals surface area contributed by atoms with E-state index in [0.29, 0.717) is 10.8 Å². The van der Waals surface area contributed by atoms with Crippen molar-refractivity contribution in [3.05, 3.63) is 28.8 Å². The Morgan fingerprint density at radius 2 is 2.15 bits per heavy atom. The Morgan fingerprint density at radius 1 is 1.45 bits per heavy atom. The van der Waals surface area contributed by atoms with Crippen LogP contribution in [0.15, 0.2) is 18.2 Å². The van der Waals surface area contributed by atoms with Crippen LogP contribution in [0, 0.1) is 0 Å². The van der Waals surface area contributed by atoms with Gasteiger partial charge in [0.05, 0.1) is 0 Å². The summed E-state index contributed by atoms with van der Waals surface area (Å²) in [7, 11) is 0. The van der Waals surface area contributed by atoms with Crippen molar-refractivity contribution in [3.8, 4) is 5.75 Å². The molecule has 0 aliphatic heterocycles. The summed E-state index contributed by atoms with van der Waals surface area (Å²) in [6, 6.07) is 5.18. The predicted octanol–water partition coefficient (Wildman–Crippen LogP) is 3.04. The molecule has 1 rings (SSSR count). The van der Waals surface area contributed by atoms with E-state index in [1.165, 1.54) is 0 Å². The number of hydrogen-bond acceptors (Lipinski definition) is 3. The second-order valence-electron chi connectivity index (χ2n) is 5.02. The standard InChI is InChI=1S/C15H23ClN2O2/c1-4-5-10(2)18-15(19)9-20-14-7-6-12(16)8-13(14)11(3)17/h6-8,10-11H,4-5,9,17H2,1-3H3,(H,18,19)/t10?,11-/m0/s1. The van der Waals surface area contributed by atoms with Gasteiger partial charge in [0, 0.05) is 22.7 Å². The van der Waals surface area contributed by atoms with Crippen molar-refractivity contribution in [1.29, 1.82) is 0 Å². The molecule has 0 saturated heterocycles. The first-order valence-electron chi connectivity index (χ1n) is 6.91. The highest BCUT2D eigenvalue weighted by molar-refractivity contribution is 6.30. The van der Waals surface area contributed by atoms with Crippen LogP contribution < -0.4 is 15.8 Å². The van der Waals surface area contributed by atoms with Crippen LogP contribution in [-0.2, 0) is 4.79 Å². The highest BCUT2D eigenvalue weighted by Gasteiger charge is 2.12. The van der Waals surface area contributed by atoms with Gasteiger partial charge in [-0.2, -0.15) is 0 Å². The molecule has 0 bridgehead atoms. The predicted molar refractivity (Wildman–Crippen MR) is 82.1 cm³/mol. The van der Waals surface area contributed by atoms with E-state index >= 15 is 0 Å². The minimum absolute atomic E-state index is 0.0184. The molecule has 1 unspecified atom stereocenters. The number of hydrogen-bond donors (Lipinski definition) is 2. The third-order valence-electron chi connectivity index (χ3n) is 2.95. The first kappa shape index (κ1) is 16.8. The Bertz CT molecular complexity index is 449. The minimum Gasteiger partial charge on any atom is -0.483 e. The van der Waals surface area contributed by atoms with Gasteiger partial charge in [-0.15, -0.1) is 0 Å². The Kier molecular flexibility index (Phi) is 6.82. The maximum atomic E-state index is 11.8. The molecule has 0 heterocycles. The molecule has 0 aliphatic carbocycles. The van der Waals surface area contributed by atoms with Crippen LogP contribution in [-0.4, -0.2) is 18.6 Å². The molecule has 20 heavy (non-hydrogen) atoms. The average molecular weight is 299 g/mol. The van der Waals surface area contributed by atoms with E-state index in [-0.39, 0.29) is 24.6 Å². The van der Waals surface area contributed by atoms with E-state index in [1.807, 2.05) is 13.8 Å². The summed E-state index contributed by atoms with van der Waals surface area (Å²) < 4.78 is 5.54. The SMILES string of the molecule is CCCC(C)NC(=O)COc1ccc(Cl)cc1[C@H](C)N. The largest absolute Gasteiger partial charge is 0.483 e. The van der Waals surface area contributed by atoms with Crippen molar-refractivity contribution in [2.75, 3.05) is 6.61 Å². The number of nitrogens with two attached hydrogens (primary N) is 1. The molecule has 3 N–H and O–H groups in total. The van der Waals surface area contributed by atoms with Gasteiger partial charge >= 0.3 is 0 Å². The highest BCUT2D eigenvalue weighted by atomic mass is 35.5. The van der Waals surface area contributed by atoms with Gasteiger partial charge in [-0.05, 0) is 38.5 Å². The molecule has 1 aromatic carbocycles. The van der Waals surface area contributed by atoms with Crippen LogP contribution in [0.1, 0.15) is 45.2 Å². The third-order valence-corrected chi connectivity index (χ3v) is 3.19. The lowest BCUT2D eigenvalue weighted by molar-refractivity contribution is -0.123. The lowest BCUT2D eigenvalue weighted by Crippen LogP contribution is -2.36. The van der Waals surface area contributed by atoms with Gasteiger partial charge in [0.15, 0.2) is 6.61 Å². The van der Waals surface area contributed by atoms with Gasteiger partial charge in [-0.3, -0.25) is 4.79 Å². The van der Waals surface area contributed by atoms with E-state index < -0.39 is 0 Å². The number of carbonyl (C=O) groups excluding carboxylic acids is 1. The zero-order chi connectivity index (χ0) is 15.1. The summed E-state index contributed by atoms with van der Waals surface area (Å²) in [5.41, 5.74) is 6.67. The average Bonchev–Trinajstić information content (AvgIpc) is 2.37. The summed E-state index contributed by atoms with van der Waals surface area (Å²) >= 11 is 5.94. The first-order valence-corrected chi connectivity index (χ1v) is 7.29. The van der Waals surface area contributed by atoms with E-state index in [2.05, 4.69) is 12.2 Å². The van der Waals surface area contributed by atoms with E-state index in [4.69, 9.17) is 22.1 Å². The molecule has 0 saturated carbocycles. The topological polar surface area (TPSA) is 64.3 Å². The van der Waals surface area contributed by atoms with Gasteiger partial charge < -0.3 is 15.8 Å². The van der Waals surface area contributed by atoms with Crippen LogP contribution in [0.4, 0.5) is 0 Å². The lowest BCUT2D eigenvalue weighted by atomic mass is 10.1. The second-order valence-corrected chi connectivity index (χ2v) is 5.45. The fourth-order valence-corrected chi connectivity index (χ4v) is 2.15. The van der Waals surface area contributed by atoms with Crippen LogP contribution in [0.5, 0.6) is 5.75 Å². The minimum atomic E-state index is -0.203. The van der Waals surface area contributed by atoms with Crippen LogP contribution in [0.2, 0.25) is 5.02 Å². The molecule has 0 spiro atoms. The third kappa shape index (κ3) is 5.39.